The minimum atomic E-state index is -3.33. The van der Waals surface area contributed by atoms with Gasteiger partial charge < -0.3 is 4.74 Å². The van der Waals surface area contributed by atoms with E-state index in [1.807, 2.05) is 25.1 Å². The van der Waals surface area contributed by atoms with Gasteiger partial charge in [-0.3, -0.25) is 0 Å². The van der Waals surface area contributed by atoms with E-state index in [1.54, 1.807) is 21.0 Å². The lowest BCUT2D eigenvalue weighted by Gasteiger charge is -2.17. The third-order valence-electron chi connectivity index (χ3n) is 3.85. The molecule has 0 saturated carbocycles. The van der Waals surface area contributed by atoms with Gasteiger partial charge >= 0.3 is 0 Å². The van der Waals surface area contributed by atoms with Crippen molar-refractivity contribution in [3.63, 3.8) is 0 Å². The van der Waals surface area contributed by atoms with E-state index >= 15 is 0 Å². The number of methoxy groups -OCH3 is 1. The Morgan fingerprint density at radius 3 is 2.59 bits per heavy atom. The van der Waals surface area contributed by atoms with Crippen molar-refractivity contribution >= 4 is 9.84 Å². The van der Waals surface area contributed by atoms with Gasteiger partial charge in [0.1, 0.15) is 10.5 Å². The fourth-order valence-electron chi connectivity index (χ4n) is 1.92. The highest BCUT2D eigenvalue weighted by Gasteiger charge is 2.37. The van der Waals surface area contributed by atoms with Crippen LogP contribution in [0.1, 0.15) is 30.8 Å². The molecular formula is C14H20N4O3S. The van der Waals surface area contributed by atoms with Gasteiger partial charge in [0.15, 0.2) is 15.7 Å². The smallest absolute Gasteiger partial charge is 0.195 e. The Labute approximate surface area is 130 Å². The van der Waals surface area contributed by atoms with E-state index in [9.17, 15) is 8.42 Å². The number of sulfone groups is 1. The van der Waals surface area contributed by atoms with Crippen LogP contribution in [0.15, 0.2) is 18.2 Å². The number of nitrogens with zero attached hydrogens (tertiary/aromatic N) is 4. The molecule has 22 heavy (non-hydrogen) atoms. The van der Waals surface area contributed by atoms with Gasteiger partial charge in [0.05, 0.1) is 13.7 Å². The molecule has 2 aromatic rings. The Morgan fingerprint density at radius 1 is 1.32 bits per heavy atom. The van der Waals surface area contributed by atoms with Crippen LogP contribution in [0.4, 0.5) is 0 Å². The van der Waals surface area contributed by atoms with Crippen LogP contribution < -0.4 is 4.74 Å². The van der Waals surface area contributed by atoms with Crippen LogP contribution in [-0.2, 0) is 21.1 Å². The van der Waals surface area contributed by atoms with Crippen molar-refractivity contribution in [2.45, 2.75) is 32.1 Å². The van der Waals surface area contributed by atoms with Crippen molar-refractivity contribution in [1.82, 2.24) is 20.2 Å². The van der Waals surface area contributed by atoms with Crippen molar-refractivity contribution in [3.8, 4) is 5.75 Å². The molecule has 0 aliphatic rings. The third-order valence-corrected chi connectivity index (χ3v) is 5.88. The maximum absolute atomic E-state index is 11.8. The summed E-state index contributed by atoms with van der Waals surface area (Å²) in [6.07, 6.45) is 1.17. The average molecular weight is 324 g/mol. The summed E-state index contributed by atoms with van der Waals surface area (Å²) in [6, 6.07) is 5.72. The SMILES string of the molecule is COc1cccc(Cn2nnc(C(C)(C)S(C)(=O)=O)n2)c1C. The van der Waals surface area contributed by atoms with E-state index < -0.39 is 14.6 Å². The van der Waals surface area contributed by atoms with E-state index in [4.69, 9.17) is 4.74 Å². The molecule has 0 amide bonds. The molecule has 1 heterocycles. The summed E-state index contributed by atoms with van der Waals surface area (Å²) in [5, 5.41) is 12.1. The molecule has 0 saturated heterocycles. The minimum absolute atomic E-state index is 0.190. The zero-order valence-corrected chi connectivity index (χ0v) is 14.2. The zero-order chi connectivity index (χ0) is 16.5. The molecule has 0 fully saturated rings. The molecule has 0 bridgehead atoms. The molecule has 0 N–H and O–H groups in total. The Balaban J connectivity index is 2.31. The van der Waals surface area contributed by atoms with E-state index in [0.717, 1.165) is 16.9 Å². The summed E-state index contributed by atoms with van der Waals surface area (Å²) < 4.78 is 27.8. The monoisotopic (exact) mass is 324 g/mol. The molecular weight excluding hydrogens is 304 g/mol. The molecule has 1 aromatic carbocycles. The Hall–Kier alpha value is -1.96. The number of aromatic nitrogens is 4. The molecule has 0 atom stereocenters. The first-order valence-corrected chi connectivity index (χ1v) is 8.66. The molecule has 1 aromatic heterocycles. The number of benzene rings is 1. The highest BCUT2D eigenvalue weighted by atomic mass is 32.2. The molecule has 0 aliphatic carbocycles. The van der Waals surface area contributed by atoms with Gasteiger partial charge in [-0.25, -0.2) is 8.42 Å². The maximum atomic E-state index is 11.8. The Kier molecular flexibility index (Phi) is 4.23. The topological polar surface area (TPSA) is 87.0 Å². The lowest BCUT2D eigenvalue weighted by Crippen LogP contribution is -2.29. The fourth-order valence-corrected chi connectivity index (χ4v) is 2.33. The van der Waals surface area contributed by atoms with Crippen LogP contribution in [0.5, 0.6) is 5.75 Å². The van der Waals surface area contributed by atoms with Gasteiger partial charge in [-0.15, -0.1) is 10.2 Å². The van der Waals surface area contributed by atoms with Crippen molar-refractivity contribution < 1.29 is 13.2 Å². The van der Waals surface area contributed by atoms with Gasteiger partial charge in [-0.1, -0.05) is 12.1 Å². The van der Waals surface area contributed by atoms with Crippen molar-refractivity contribution in [3.05, 3.63) is 35.2 Å². The van der Waals surface area contributed by atoms with Crippen LogP contribution in [0.2, 0.25) is 0 Å². The number of ether oxygens (including phenoxy) is 1. The van der Waals surface area contributed by atoms with Crippen LogP contribution in [0, 0.1) is 6.92 Å². The van der Waals surface area contributed by atoms with Gasteiger partial charge in [0, 0.05) is 6.26 Å². The van der Waals surface area contributed by atoms with Crippen LogP contribution in [-0.4, -0.2) is 42.0 Å². The highest BCUT2D eigenvalue weighted by Crippen LogP contribution is 2.25. The third kappa shape index (κ3) is 2.96. The van der Waals surface area contributed by atoms with Gasteiger partial charge in [0.2, 0.25) is 0 Å². The predicted molar refractivity (Wildman–Crippen MR) is 82.5 cm³/mol. The van der Waals surface area contributed by atoms with Crippen LogP contribution in [0.25, 0.3) is 0 Å². The summed E-state index contributed by atoms with van der Waals surface area (Å²) >= 11 is 0. The molecule has 120 valence electrons. The summed E-state index contributed by atoms with van der Waals surface area (Å²) in [5.41, 5.74) is 1.98. The molecule has 7 nitrogen and oxygen atoms in total. The van der Waals surface area contributed by atoms with E-state index in [2.05, 4.69) is 15.4 Å². The second-order valence-electron chi connectivity index (χ2n) is 5.67. The molecule has 0 spiro atoms. The molecule has 8 heteroatoms. The van der Waals surface area contributed by atoms with Crippen molar-refractivity contribution in [2.24, 2.45) is 0 Å². The van der Waals surface area contributed by atoms with E-state index in [1.165, 1.54) is 11.1 Å². The van der Waals surface area contributed by atoms with Crippen LogP contribution >= 0.6 is 0 Å². The second kappa shape index (κ2) is 5.68. The molecule has 0 aliphatic heterocycles. The summed E-state index contributed by atoms with van der Waals surface area (Å²) in [6.45, 7) is 5.49. The average Bonchev–Trinajstić information content (AvgIpc) is 2.89. The van der Waals surface area contributed by atoms with Crippen molar-refractivity contribution in [1.29, 1.82) is 0 Å². The Bertz CT molecular complexity index is 781. The standard InChI is InChI=1S/C14H20N4O3S/c1-10-11(7-6-8-12(10)21-4)9-18-16-13(15-17-18)14(2,3)22(5,19)20/h6-8H,9H2,1-5H3. The fraction of sp³-hybridized carbons (Fsp3) is 0.500. The second-order valence-corrected chi connectivity index (χ2v) is 8.24. The number of hydrogen-bond acceptors (Lipinski definition) is 6. The molecule has 0 unspecified atom stereocenters. The predicted octanol–water partition coefficient (Wildman–Crippen LogP) is 1.32. The lowest BCUT2D eigenvalue weighted by molar-refractivity contribution is 0.410. The molecule has 0 radical (unpaired) electrons. The summed E-state index contributed by atoms with van der Waals surface area (Å²) in [4.78, 5) is 1.39. The molecule has 2 rings (SSSR count). The first-order chi connectivity index (χ1) is 10.2. The largest absolute Gasteiger partial charge is 0.496 e. The quantitative estimate of drug-likeness (QED) is 0.824. The first kappa shape index (κ1) is 16.4. The summed E-state index contributed by atoms with van der Waals surface area (Å²) in [5.74, 6) is 0.977. The van der Waals surface area contributed by atoms with E-state index in [0.29, 0.717) is 6.54 Å². The number of rotatable bonds is 5. The Morgan fingerprint density at radius 2 is 2.00 bits per heavy atom. The zero-order valence-electron chi connectivity index (χ0n) is 13.4. The number of hydrogen-bond donors (Lipinski definition) is 0. The van der Waals surface area contributed by atoms with E-state index in [-0.39, 0.29) is 5.82 Å². The summed E-state index contributed by atoms with van der Waals surface area (Å²) in [7, 11) is -1.71. The lowest BCUT2D eigenvalue weighted by atomic mass is 10.1. The maximum Gasteiger partial charge on any atom is 0.195 e. The minimum Gasteiger partial charge on any atom is -0.496 e. The van der Waals surface area contributed by atoms with Gasteiger partial charge in [-0.2, -0.15) is 4.80 Å². The normalized spacial score (nSPS) is 12.4. The van der Waals surface area contributed by atoms with Crippen LogP contribution in [0.3, 0.4) is 0 Å². The van der Waals surface area contributed by atoms with Crippen molar-refractivity contribution in [2.75, 3.05) is 13.4 Å². The number of tetrazole rings is 1. The highest BCUT2D eigenvalue weighted by molar-refractivity contribution is 7.91. The van der Waals surface area contributed by atoms with Gasteiger partial charge in [-0.05, 0) is 43.2 Å². The first-order valence-electron chi connectivity index (χ1n) is 6.77. The van der Waals surface area contributed by atoms with Gasteiger partial charge in [0.25, 0.3) is 0 Å².